The number of ether oxygens (including phenoxy) is 1. The summed E-state index contributed by atoms with van der Waals surface area (Å²) in [6, 6.07) is 6.60. The van der Waals surface area contributed by atoms with Gasteiger partial charge in [0, 0.05) is 11.2 Å². The van der Waals surface area contributed by atoms with E-state index in [4.69, 9.17) is 4.74 Å². The van der Waals surface area contributed by atoms with Crippen LogP contribution >= 0.6 is 15.9 Å². The van der Waals surface area contributed by atoms with Crippen molar-refractivity contribution in [3.8, 4) is 5.75 Å². The van der Waals surface area contributed by atoms with E-state index in [0.717, 1.165) is 38.3 Å². The van der Waals surface area contributed by atoms with Crippen molar-refractivity contribution in [3.63, 3.8) is 0 Å². The van der Waals surface area contributed by atoms with Crippen LogP contribution in [0.25, 0.3) is 0 Å². The van der Waals surface area contributed by atoms with Gasteiger partial charge in [0.25, 0.3) is 0 Å². The molecule has 1 aliphatic heterocycles. The fourth-order valence-corrected chi connectivity index (χ4v) is 2.44. The average molecular weight is 312 g/mol. The molecule has 2 rings (SSSR count). The van der Waals surface area contributed by atoms with Gasteiger partial charge in [0.1, 0.15) is 5.75 Å². The third kappa shape index (κ3) is 3.99. The molecule has 0 spiro atoms. The molecule has 100 valence electrons. The molecule has 1 unspecified atom stereocenters. The van der Waals surface area contributed by atoms with E-state index in [9.17, 15) is 0 Å². The van der Waals surface area contributed by atoms with Crippen molar-refractivity contribution >= 4 is 15.9 Å². The number of hydrogen-bond acceptors (Lipinski definition) is 2. The highest BCUT2D eigenvalue weighted by atomic mass is 79.9. The Morgan fingerprint density at radius 3 is 3.11 bits per heavy atom. The largest absolute Gasteiger partial charge is 0.493 e. The quantitative estimate of drug-likeness (QED) is 0.616. The topological polar surface area (TPSA) is 21.3 Å². The minimum Gasteiger partial charge on any atom is -0.493 e. The normalized spacial score (nSPS) is 15.2. The van der Waals surface area contributed by atoms with Crippen molar-refractivity contribution in [3.05, 3.63) is 29.3 Å². The van der Waals surface area contributed by atoms with E-state index < -0.39 is 0 Å². The first-order valence-corrected chi connectivity index (χ1v) is 7.80. The summed E-state index contributed by atoms with van der Waals surface area (Å²) in [4.78, 5) is 0.655. The Kier molecular flexibility index (Phi) is 5.51. The Labute approximate surface area is 118 Å². The van der Waals surface area contributed by atoms with Gasteiger partial charge in [-0.2, -0.15) is 0 Å². The maximum absolute atomic E-state index is 5.51. The highest BCUT2D eigenvalue weighted by Crippen LogP contribution is 2.25. The number of hydrogen-bond donors (Lipinski definition) is 1. The van der Waals surface area contributed by atoms with E-state index in [1.807, 2.05) is 0 Å². The molecule has 2 nitrogen and oxygen atoms in total. The lowest BCUT2D eigenvalue weighted by Crippen LogP contribution is -2.20. The average Bonchev–Trinajstić information content (AvgIpc) is 2.85. The Balaban J connectivity index is 1.68. The summed E-state index contributed by atoms with van der Waals surface area (Å²) in [5.74, 6) is 1.08. The van der Waals surface area contributed by atoms with Crippen LogP contribution in [0.4, 0.5) is 0 Å². The van der Waals surface area contributed by atoms with Crippen molar-refractivity contribution in [2.45, 2.75) is 37.4 Å². The highest BCUT2D eigenvalue weighted by Gasteiger charge is 2.11. The standard InChI is InChI=1S/C15H22BrNO/c1-2-14(16)6-9-17-8-5-12-3-4-15-13(11-12)7-10-18-15/h3-4,11,14,17H,2,5-10H2,1H3. The first-order valence-electron chi connectivity index (χ1n) is 6.89. The molecule has 1 aromatic carbocycles. The van der Waals surface area contributed by atoms with Gasteiger partial charge >= 0.3 is 0 Å². The van der Waals surface area contributed by atoms with Crippen molar-refractivity contribution in [2.24, 2.45) is 0 Å². The van der Waals surface area contributed by atoms with Crippen molar-refractivity contribution < 1.29 is 4.74 Å². The number of halogens is 1. The van der Waals surface area contributed by atoms with E-state index in [-0.39, 0.29) is 0 Å². The van der Waals surface area contributed by atoms with E-state index in [2.05, 4.69) is 46.4 Å². The molecule has 0 aliphatic carbocycles. The van der Waals surface area contributed by atoms with Gasteiger partial charge in [0.15, 0.2) is 0 Å². The second-order valence-electron chi connectivity index (χ2n) is 4.83. The predicted molar refractivity (Wildman–Crippen MR) is 79.8 cm³/mol. The molecule has 0 bridgehead atoms. The molecule has 1 heterocycles. The third-order valence-electron chi connectivity index (χ3n) is 3.42. The lowest BCUT2D eigenvalue weighted by Gasteiger charge is -2.08. The van der Waals surface area contributed by atoms with E-state index in [0.29, 0.717) is 4.83 Å². The molecule has 1 N–H and O–H groups in total. The van der Waals surface area contributed by atoms with E-state index in [1.54, 1.807) is 0 Å². The van der Waals surface area contributed by atoms with Gasteiger partial charge in [-0.1, -0.05) is 35.0 Å². The van der Waals surface area contributed by atoms with E-state index in [1.165, 1.54) is 24.0 Å². The minimum absolute atomic E-state index is 0.655. The van der Waals surface area contributed by atoms with Crippen LogP contribution in [0.3, 0.4) is 0 Å². The van der Waals surface area contributed by atoms with Gasteiger partial charge in [-0.25, -0.2) is 0 Å². The molecule has 0 saturated heterocycles. The molecule has 1 atom stereocenters. The summed E-state index contributed by atoms with van der Waals surface area (Å²) < 4.78 is 5.51. The molecule has 0 radical (unpaired) electrons. The summed E-state index contributed by atoms with van der Waals surface area (Å²) >= 11 is 3.65. The van der Waals surface area contributed by atoms with Gasteiger partial charge in [0.05, 0.1) is 6.61 Å². The van der Waals surface area contributed by atoms with Crippen LogP contribution in [0.15, 0.2) is 18.2 Å². The Morgan fingerprint density at radius 2 is 2.28 bits per heavy atom. The van der Waals surface area contributed by atoms with Crippen LogP contribution in [0.1, 0.15) is 30.9 Å². The van der Waals surface area contributed by atoms with Crippen LogP contribution in [0.5, 0.6) is 5.75 Å². The lowest BCUT2D eigenvalue weighted by molar-refractivity contribution is 0.357. The zero-order chi connectivity index (χ0) is 12.8. The summed E-state index contributed by atoms with van der Waals surface area (Å²) in [5.41, 5.74) is 2.79. The zero-order valence-corrected chi connectivity index (χ0v) is 12.6. The highest BCUT2D eigenvalue weighted by molar-refractivity contribution is 9.09. The zero-order valence-electron chi connectivity index (χ0n) is 11.0. The molecular formula is C15H22BrNO. The van der Waals surface area contributed by atoms with Crippen molar-refractivity contribution in [1.82, 2.24) is 5.32 Å². The molecule has 3 heteroatoms. The smallest absolute Gasteiger partial charge is 0.122 e. The molecule has 0 saturated carbocycles. The van der Waals surface area contributed by atoms with E-state index >= 15 is 0 Å². The second kappa shape index (κ2) is 7.15. The van der Waals surface area contributed by atoms with Gasteiger partial charge < -0.3 is 10.1 Å². The van der Waals surface area contributed by atoms with Gasteiger partial charge in [0.2, 0.25) is 0 Å². The van der Waals surface area contributed by atoms with Gasteiger partial charge in [-0.3, -0.25) is 0 Å². The number of benzene rings is 1. The monoisotopic (exact) mass is 311 g/mol. The lowest BCUT2D eigenvalue weighted by atomic mass is 10.1. The van der Waals surface area contributed by atoms with Crippen LogP contribution in [-0.2, 0) is 12.8 Å². The maximum atomic E-state index is 5.51. The fraction of sp³-hybridized carbons (Fsp3) is 0.600. The molecule has 0 fully saturated rings. The number of alkyl halides is 1. The summed E-state index contributed by atoms with van der Waals surface area (Å²) in [6.07, 6.45) is 4.58. The first kappa shape index (κ1) is 13.9. The van der Waals surface area contributed by atoms with Crippen LogP contribution < -0.4 is 10.1 Å². The predicted octanol–water partition coefficient (Wildman–Crippen LogP) is 3.32. The molecule has 1 aliphatic rings. The SMILES string of the molecule is CCC(Br)CCNCCc1ccc2c(c1)CCO2. The molecule has 0 amide bonds. The van der Waals surface area contributed by atoms with Crippen LogP contribution in [0, 0.1) is 0 Å². The maximum Gasteiger partial charge on any atom is 0.122 e. The third-order valence-corrected chi connectivity index (χ3v) is 4.53. The van der Waals surface area contributed by atoms with Crippen molar-refractivity contribution in [1.29, 1.82) is 0 Å². The summed E-state index contributed by atoms with van der Waals surface area (Å²) in [6.45, 7) is 5.22. The summed E-state index contributed by atoms with van der Waals surface area (Å²) in [5, 5.41) is 3.51. The number of nitrogens with one attached hydrogen (secondary N) is 1. The van der Waals surface area contributed by atoms with Crippen LogP contribution in [0.2, 0.25) is 0 Å². The molecule has 0 aromatic heterocycles. The Bertz CT molecular complexity index is 381. The van der Waals surface area contributed by atoms with Gasteiger partial charge in [-0.15, -0.1) is 0 Å². The second-order valence-corrected chi connectivity index (χ2v) is 6.13. The Morgan fingerprint density at radius 1 is 1.39 bits per heavy atom. The molecule has 18 heavy (non-hydrogen) atoms. The van der Waals surface area contributed by atoms with Gasteiger partial charge in [-0.05, 0) is 49.5 Å². The number of rotatable bonds is 7. The summed E-state index contributed by atoms with van der Waals surface area (Å²) in [7, 11) is 0. The first-order chi connectivity index (χ1) is 8.79. The fourth-order valence-electron chi connectivity index (χ4n) is 2.22. The molecular weight excluding hydrogens is 290 g/mol. The minimum atomic E-state index is 0.655. The van der Waals surface area contributed by atoms with Crippen LogP contribution in [-0.4, -0.2) is 24.5 Å². The Hall–Kier alpha value is -0.540. The molecule has 1 aromatic rings. The number of fused-ring (bicyclic) bond motifs is 1. The van der Waals surface area contributed by atoms with Crippen molar-refractivity contribution in [2.75, 3.05) is 19.7 Å².